The molecule has 228 valence electrons. The van der Waals surface area contributed by atoms with Crippen molar-refractivity contribution < 1.29 is 24.3 Å². The number of carbonyl (C=O) groups is 4. The molecule has 0 heterocycles. The maximum Gasteiger partial charge on any atom is 0.326 e. The van der Waals surface area contributed by atoms with Gasteiger partial charge >= 0.3 is 5.97 Å². The third-order valence-electron chi connectivity index (χ3n) is 6.95. The molecule has 0 aromatic heterocycles. The average Bonchev–Trinajstić information content (AvgIpc) is 2.97. The molecule has 0 bridgehead atoms. The van der Waals surface area contributed by atoms with Crippen LogP contribution in [-0.4, -0.2) is 65.5 Å². The third-order valence-corrected chi connectivity index (χ3v) is 6.95. The van der Waals surface area contributed by atoms with Gasteiger partial charge in [-0.2, -0.15) is 0 Å². The lowest BCUT2D eigenvalue weighted by molar-refractivity contribution is -0.142. The fraction of sp³-hybridized carbons (Fsp3) is 0.433. The van der Waals surface area contributed by atoms with E-state index in [4.69, 9.17) is 17.2 Å². The van der Waals surface area contributed by atoms with Gasteiger partial charge in [-0.1, -0.05) is 80.9 Å². The van der Waals surface area contributed by atoms with Crippen molar-refractivity contribution in [3.63, 3.8) is 0 Å². The van der Waals surface area contributed by atoms with Gasteiger partial charge < -0.3 is 38.3 Å². The minimum atomic E-state index is -1.22. The molecule has 0 radical (unpaired) electrons. The number of hydrogen-bond acceptors (Lipinski definition) is 6. The highest BCUT2D eigenvalue weighted by molar-refractivity contribution is 5.94. The Hall–Kier alpha value is -4.45. The topological polar surface area (TPSA) is 215 Å². The van der Waals surface area contributed by atoms with Gasteiger partial charge in [-0.25, -0.2) is 4.79 Å². The lowest BCUT2D eigenvalue weighted by Crippen LogP contribution is -2.58. The molecule has 5 unspecified atom stereocenters. The Labute approximate surface area is 246 Å². The fourth-order valence-corrected chi connectivity index (χ4v) is 4.21. The van der Waals surface area contributed by atoms with E-state index in [2.05, 4.69) is 20.9 Å². The Morgan fingerprint density at radius 3 is 1.76 bits per heavy atom. The molecular weight excluding hydrogens is 538 g/mol. The largest absolute Gasteiger partial charge is 0.480 e. The molecule has 0 aliphatic heterocycles. The summed E-state index contributed by atoms with van der Waals surface area (Å²) in [7, 11) is 0. The molecular formula is C30H43N7O5. The molecule has 2 rings (SSSR count). The summed E-state index contributed by atoms with van der Waals surface area (Å²) in [5.41, 5.74) is 18.4. The zero-order valence-electron chi connectivity index (χ0n) is 24.2. The smallest absolute Gasteiger partial charge is 0.326 e. The quantitative estimate of drug-likeness (QED) is 0.0788. The number of carboxylic acids is 1. The van der Waals surface area contributed by atoms with Gasteiger partial charge in [0, 0.05) is 19.4 Å². The van der Waals surface area contributed by atoms with Gasteiger partial charge in [0.15, 0.2) is 5.96 Å². The van der Waals surface area contributed by atoms with Crippen LogP contribution in [0, 0.1) is 5.92 Å². The summed E-state index contributed by atoms with van der Waals surface area (Å²) >= 11 is 0. The van der Waals surface area contributed by atoms with Crippen LogP contribution in [0.2, 0.25) is 0 Å². The van der Waals surface area contributed by atoms with Crippen LogP contribution in [0.4, 0.5) is 0 Å². The SMILES string of the molecule is CCC(C)C(N)C(=O)NC(CCCN=C(N)N)C(=O)NC(Cc1ccccc1)C(=O)NC(Cc1ccccc1)C(=O)O. The number of guanidine groups is 1. The predicted octanol–water partition coefficient (Wildman–Crippen LogP) is 0.438. The van der Waals surface area contributed by atoms with Crippen molar-refractivity contribution in [2.75, 3.05) is 6.54 Å². The normalized spacial score (nSPS) is 14.4. The molecule has 0 aliphatic carbocycles. The van der Waals surface area contributed by atoms with Crippen LogP contribution in [0.5, 0.6) is 0 Å². The van der Waals surface area contributed by atoms with Crippen LogP contribution in [0.3, 0.4) is 0 Å². The number of hydrogen-bond donors (Lipinski definition) is 7. The van der Waals surface area contributed by atoms with Crippen LogP contribution in [0.1, 0.15) is 44.2 Å². The first-order valence-electron chi connectivity index (χ1n) is 14.0. The van der Waals surface area contributed by atoms with Crippen LogP contribution in [-0.2, 0) is 32.0 Å². The van der Waals surface area contributed by atoms with E-state index in [9.17, 15) is 24.3 Å². The Morgan fingerprint density at radius 1 is 0.786 bits per heavy atom. The van der Waals surface area contributed by atoms with Crippen molar-refractivity contribution in [1.29, 1.82) is 0 Å². The number of carbonyl (C=O) groups excluding carboxylic acids is 3. The highest BCUT2D eigenvalue weighted by Crippen LogP contribution is 2.10. The van der Waals surface area contributed by atoms with Gasteiger partial charge in [-0.15, -0.1) is 0 Å². The van der Waals surface area contributed by atoms with Crippen molar-refractivity contribution in [3.05, 3.63) is 71.8 Å². The minimum absolute atomic E-state index is 0.0604. The Morgan fingerprint density at radius 2 is 1.26 bits per heavy atom. The summed E-state index contributed by atoms with van der Waals surface area (Å²) < 4.78 is 0. The number of carboxylic acid groups (broad SMARTS) is 1. The highest BCUT2D eigenvalue weighted by Gasteiger charge is 2.31. The molecule has 0 saturated heterocycles. The number of rotatable bonds is 17. The first kappa shape index (κ1) is 33.8. The lowest BCUT2D eigenvalue weighted by atomic mass is 9.98. The van der Waals surface area contributed by atoms with Gasteiger partial charge in [0.25, 0.3) is 0 Å². The second kappa shape index (κ2) is 17.4. The van der Waals surface area contributed by atoms with Gasteiger partial charge in [-0.05, 0) is 29.9 Å². The van der Waals surface area contributed by atoms with E-state index in [0.717, 1.165) is 11.1 Å². The van der Waals surface area contributed by atoms with E-state index >= 15 is 0 Å². The average molecular weight is 582 g/mol. The van der Waals surface area contributed by atoms with Crippen molar-refractivity contribution in [2.45, 2.75) is 70.1 Å². The molecule has 5 atom stereocenters. The summed E-state index contributed by atoms with van der Waals surface area (Å²) in [5.74, 6) is -3.20. The first-order valence-corrected chi connectivity index (χ1v) is 14.0. The maximum atomic E-state index is 13.5. The van der Waals surface area contributed by atoms with E-state index < -0.39 is 47.9 Å². The van der Waals surface area contributed by atoms with Crippen molar-refractivity contribution in [3.8, 4) is 0 Å². The van der Waals surface area contributed by atoms with Crippen LogP contribution in [0.15, 0.2) is 65.7 Å². The molecule has 0 saturated carbocycles. The standard InChI is InChI=1S/C30H43N7O5/c1-3-19(2)25(31)28(40)35-22(15-10-16-34-30(32)33)26(38)36-23(17-20-11-6-4-7-12-20)27(39)37-24(29(41)42)18-21-13-8-5-9-14-21/h4-9,11-14,19,22-25H,3,10,15-18,31H2,1-2H3,(H,35,40)(H,36,38)(H,37,39)(H,41,42)(H4,32,33,34). The monoisotopic (exact) mass is 581 g/mol. The molecule has 3 amide bonds. The van der Waals surface area contributed by atoms with Gasteiger partial charge in [0.1, 0.15) is 18.1 Å². The van der Waals surface area contributed by atoms with Crippen molar-refractivity contribution >= 4 is 29.7 Å². The van der Waals surface area contributed by atoms with Crippen LogP contribution < -0.4 is 33.2 Å². The molecule has 0 spiro atoms. The zero-order chi connectivity index (χ0) is 31.1. The molecule has 2 aromatic rings. The lowest BCUT2D eigenvalue weighted by Gasteiger charge is -2.26. The number of nitrogens with zero attached hydrogens (tertiary/aromatic N) is 1. The highest BCUT2D eigenvalue weighted by atomic mass is 16.4. The van der Waals surface area contributed by atoms with Crippen molar-refractivity contribution in [2.24, 2.45) is 28.1 Å². The fourth-order valence-electron chi connectivity index (χ4n) is 4.21. The second-order valence-electron chi connectivity index (χ2n) is 10.3. The zero-order valence-corrected chi connectivity index (χ0v) is 24.2. The molecule has 2 aromatic carbocycles. The molecule has 0 fully saturated rings. The Bertz CT molecular complexity index is 1190. The predicted molar refractivity (Wildman–Crippen MR) is 161 cm³/mol. The van der Waals surface area contributed by atoms with Gasteiger partial charge in [0.2, 0.25) is 17.7 Å². The third kappa shape index (κ3) is 11.6. The minimum Gasteiger partial charge on any atom is -0.480 e. The Kier molecular flexibility index (Phi) is 14.0. The van der Waals surface area contributed by atoms with E-state index in [0.29, 0.717) is 12.8 Å². The molecule has 12 heteroatoms. The summed E-state index contributed by atoms with van der Waals surface area (Å²) in [6, 6.07) is 13.7. The summed E-state index contributed by atoms with van der Waals surface area (Å²) in [6.45, 7) is 3.98. The van der Waals surface area contributed by atoms with Crippen LogP contribution in [0.25, 0.3) is 0 Å². The molecule has 10 N–H and O–H groups in total. The molecule has 0 aliphatic rings. The maximum absolute atomic E-state index is 13.5. The molecule has 12 nitrogen and oxygen atoms in total. The van der Waals surface area contributed by atoms with E-state index in [1.165, 1.54) is 0 Å². The van der Waals surface area contributed by atoms with E-state index in [1.807, 2.05) is 26.0 Å². The first-order chi connectivity index (χ1) is 20.0. The second-order valence-corrected chi connectivity index (χ2v) is 10.3. The number of aliphatic carboxylic acids is 1. The summed E-state index contributed by atoms with van der Waals surface area (Å²) in [6.07, 6.45) is 1.36. The number of nitrogens with two attached hydrogens (primary N) is 3. The van der Waals surface area contributed by atoms with Crippen LogP contribution >= 0.6 is 0 Å². The number of benzene rings is 2. The van der Waals surface area contributed by atoms with E-state index in [1.54, 1.807) is 48.5 Å². The summed E-state index contributed by atoms with van der Waals surface area (Å²) in [5, 5.41) is 17.8. The van der Waals surface area contributed by atoms with E-state index in [-0.39, 0.29) is 37.7 Å². The van der Waals surface area contributed by atoms with Gasteiger partial charge in [-0.3, -0.25) is 19.4 Å². The van der Waals surface area contributed by atoms with Crippen molar-refractivity contribution in [1.82, 2.24) is 16.0 Å². The molecule has 42 heavy (non-hydrogen) atoms. The summed E-state index contributed by atoms with van der Waals surface area (Å²) in [4.78, 5) is 55.8. The number of nitrogens with one attached hydrogen (secondary N) is 3. The number of amides is 3. The van der Waals surface area contributed by atoms with Gasteiger partial charge in [0.05, 0.1) is 6.04 Å². The number of aliphatic imine (C=N–C) groups is 1. The Balaban J connectivity index is 2.27.